The Kier molecular flexibility index (Phi) is 4.07. The second kappa shape index (κ2) is 5.12. The molecule has 6 nitrogen and oxygen atoms in total. The van der Waals surface area contributed by atoms with Crippen molar-refractivity contribution in [2.75, 3.05) is 24.6 Å². The molecule has 1 aromatic rings. The number of alkyl halides is 3. The van der Waals surface area contributed by atoms with Crippen molar-refractivity contribution in [2.24, 2.45) is 5.73 Å². The number of nitrogens with two attached hydrogens (primary N) is 1. The molecule has 16 heavy (non-hydrogen) atoms. The molecule has 3 N–H and O–H groups in total. The van der Waals surface area contributed by atoms with Crippen LogP contribution in [0.4, 0.5) is 19.2 Å². The van der Waals surface area contributed by atoms with Gasteiger partial charge in [-0.3, -0.25) is 0 Å². The van der Waals surface area contributed by atoms with Crippen molar-refractivity contribution in [1.29, 1.82) is 0 Å². The topological polar surface area (TPSA) is 88.4 Å². The molecule has 1 aromatic heterocycles. The SMILES string of the molecule is NCc1nnc(N(CCO)CC(F)(F)F)o1. The highest BCUT2D eigenvalue weighted by Crippen LogP contribution is 2.20. The Labute approximate surface area is 88.8 Å². The first-order valence-electron chi connectivity index (χ1n) is 4.41. The average Bonchev–Trinajstić information content (AvgIpc) is 2.63. The molecule has 0 aromatic carbocycles. The van der Waals surface area contributed by atoms with E-state index in [9.17, 15) is 13.2 Å². The molecule has 0 aliphatic rings. The van der Waals surface area contributed by atoms with Crippen LogP contribution < -0.4 is 10.6 Å². The number of halogens is 3. The lowest BCUT2D eigenvalue weighted by Gasteiger charge is -2.20. The molecule has 1 rings (SSSR count). The largest absolute Gasteiger partial charge is 0.407 e. The fourth-order valence-corrected chi connectivity index (χ4v) is 1.03. The van der Waals surface area contributed by atoms with E-state index < -0.39 is 19.3 Å². The van der Waals surface area contributed by atoms with E-state index in [1.54, 1.807) is 0 Å². The summed E-state index contributed by atoms with van der Waals surface area (Å²) in [6.45, 7) is -2.01. The third-order valence-electron chi connectivity index (χ3n) is 1.64. The van der Waals surface area contributed by atoms with Crippen molar-refractivity contribution in [1.82, 2.24) is 10.2 Å². The minimum atomic E-state index is -4.41. The predicted molar refractivity (Wildman–Crippen MR) is 47.5 cm³/mol. The number of anilines is 1. The summed E-state index contributed by atoms with van der Waals surface area (Å²) in [5.74, 6) is 0.0418. The molecule has 1 heterocycles. The van der Waals surface area contributed by atoms with Crippen LogP contribution >= 0.6 is 0 Å². The van der Waals surface area contributed by atoms with Gasteiger partial charge in [0.2, 0.25) is 5.89 Å². The van der Waals surface area contributed by atoms with Crippen molar-refractivity contribution in [2.45, 2.75) is 12.7 Å². The van der Waals surface area contributed by atoms with Crippen LogP contribution in [0, 0.1) is 0 Å². The lowest BCUT2D eigenvalue weighted by molar-refractivity contribution is -0.120. The Bertz CT molecular complexity index is 328. The van der Waals surface area contributed by atoms with Crippen LogP contribution in [0.1, 0.15) is 5.89 Å². The van der Waals surface area contributed by atoms with E-state index >= 15 is 0 Å². The smallest absolute Gasteiger partial charge is 0.406 e. The summed E-state index contributed by atoms with van der Waals surface area (Å²) in [5.41, 5.74) is 5.18. The molecular formula is C7H11F3N4O2. The van der Waals surface area contributed by atoms with Crippen molar-refractivity contribution in [3.8, 4) is 0 Å². The molecule has 0 radical (unpaired) electrons. The predicted octanol–water partition coefficient (Wildman–Crippen LogP) is -0.111. The van der Waals surface area contributed by atoms with E-state index in [0.717, 1.165) is 4.90 Å². The second-order valence-corrected chi connectivity index (χ2v) is 2.94. The number of hydrogen-bond acceptors (Lipinski definition) is 6. The van der Waals surface area contributed by atoms with Gasteiger partial charge >= 0.3 is 12.2 Å². The molecule has 0 fully saturated rings. The molecule has 0 aliphatic carbocycles. The fraction of sp³-hybridized carbons (Fsp3) is 0.714. The molecule has 0 aliphatic heterocycles. The number of aliphatic hydroxyl groups excluding tert-OH is 1. The van der Waals surface area contributed by atoms with Gasteiger partial charge in [0.1, 0.15) is 6.54 Å². The fourth-order valence-electron chi connectivity index (χ4n) is 1.03. The number of nitrogens with zero attached hydrogens (tertiary/aromatic N) is 3. The summed E-state index contributed by atoms with van der Waals surface area (Å²) in [7, 11) is 0. The van der Waals surface area contributed by atoms with Crippen LogP contribution in [-0.2, 0) is 6.54 Å². The molecule has 0 atom stereocenters. The van der Waals surface area contributed by atoms with Crippen LogP contribution in [0.25, 0.3) is 0 Å². The number of hydrogen-bond donors (Lipinski definition) is 2. The first kappa shape index (κ1) is 12.7. The second-order valence-electron chi connectivity index (χ2n) is 2.94. The van der Waals surface area contributed by atoms with Gasteiger partial charge in [0.05, 0.1) is 13.2 Å². The highest BCUT2D eigenvalue weighted by atomic mass is 19.4. The number of aromatic nitrogens is 2. The third kappa shape index (κ3) is 3.66. The Morgan fingerprint density at radius 3 is 2.50 bits per heavy atom. The molecule has 0 spiro atoms. The molecular weight excluding hydrogens is 229 g/mol. The molecule has 9 heteroatoms. The van der Waals surface area contributed by atoms with E-state index in [0.29, 0.717) is 0 Å². The van der Waals surface area contributed by atoms with Crippen molar-refractivity contribution >= 4 is 6.01 Å². The van der Waals surface area contributed by atoms with E-state index in [1.165, 1.54) is 0 Å². The van der Waals surface area contributed by atoms with Crippen LogP contribution in [-0.4, -0.2) is 41.2 Å². The monoisotopic (exact) mass is 240 g/mol. The Hall–Kier alpha value is -1.35. The molecule has 92 valence electrons. The zero-order valence-electron chi connectivity index (χ0n) is 8.24. The van der Waals surface area contributed by atoms with Crippen molar-refractivity contribution in [3.63, 3.8) is 0 Å². The van der Waals surface area contributed by atoms with Gasteiger partial charge in [0, 0.05) is 6.54 Å². The molecule has 0 unspecified atom stereocenters. The highest BCUT2D eigenvalue weighted by molar-refractivity contribution is 5.24. The lowest BCUT2D eigenvalue weighted by atomic mass is 10.5. The quantitative estimate of drug-likeness (QED) is 0.746. The summed E-state index contributed by atoms with van der Waals surface area (Å²) < 4.78 is 41.4. The van der Waals surface area contributed by atoms with Gasteiger partial charge < -0.3 is 20.2 Å². The first-order chi connectivity index (χ1) is 7.46. The summed E-state index contributed by atoms with van der Waals surface area (Å²) >= 11 is 0. The van der Waals surface area contributed by atoms with E-state index in [4.69, 9.17) is 15.3 Å². The number of aliphatic hydroxyl groups is 1. The maximum atomic E-state index is 12.2. The first-order valence-corrected chi connectivity index (χ1v) is 4.41. The molecule has 0 bridgehead atoms. The van der Waals surface area contributed by atoms with Crippen LogP contribution in [0.3, 0.4) is 0 Å². The number of rotatable bonds is 5. The van der Waals surface area contributed by atoms with Crippen LogP contribution in [0.2, 0.25) is 0 Å². The van der Waals surface area contributed by atoms with Crippen molar-refractivity contribution in [3.05, 3.63) is 5.89 Å². The van der Waals surface area contributed by atoms with E-state index in [-0.39, 0.29) is 25.0 Å². The molecule has 0 saturated carbocycles. The summed E-state index contributed by atoms with van der Waals surface area (Å²) in [4.78, 5) is 0.742. The van der Waals surface area contributed by atoms with Gasteiger partial charge in [-0.2, -0.15) is 13.2 Å². The summed E-state index contributed by atoms with van der Waals surface area (Å²) in [6, 6.07) is -0.299. The van der Waals surface area contributed by atoms with E-state index in [1.807, 2.05) is 0 Å². The summed E-state index contributed by atoms with van der Waals surface area (Å²) in [5, 5.41) is 15.5. The minimum Gasteiger partial charge on any atom is -0.407 e. The zero-order valence-corrected chi connectivity index (χ0v) is 8.24. The summed E-state index contributed by atoms with van der Waals surface area (Å²) in [6.07, 6.45) is -4.41. The lowest BCUT2D eigenvalue weighted by Crippen LogP contribution is -2.36. The van der Waals surface area contributed by atoms with Gasteiger partial charge in [0.25, 0.3) is 0 Å². The van der Waals surface area contributed by atoms with Crippen molar-refractivity contribution < 1.29 is 22.7 Å². The maximum Gasteiger partial charge on any atom is 0.406 e. The Balaban J connectivity index is 2.76. The third-order valence-corrected chi connectivity index (χ3v) is 1.64. The van der Waals surface area contributed by atoms with Gasteiger partial charge in [-0.05, 0) is 0 Å². The van der Waals surface area contributed by atoms with Gasteiger partial charge in [-0.1, -0.05) is 5.10 Å². The highest BCUT2D eigenvalue weighted by Gasteiger charge is 2.32. The van der Waals surface area contributed by atoms with Gasteiger partial charge in [0.15, 0.2) is 0 Å². The van der Waals surface area contributed by atoms with Crippen LogP contribution in [0.5, 0.6) is 0 Å². The average molecular weight is 240 g/mol. The standard InChI is InChI=1S/C7H11F3N4O2/c8-7(9,10)4-14(1-2-15)6-13-12-5(3-11)16-6/h15H,1-4,11H2. The van der Waals surface area contributed by atoms with Crippen LogP contribution in [0.15, 0.2) is 4.42 Å². The molecule has 0 amide bonds. The van der Waals surface area contributed by atoms with E-state index in [2.05, 4.69) is 10.2 Å². The maximum absolute atomic E-state index is 12.2. The molecule has 0 saturated heterocycles. The van der Waals surface area contributed by atoms with Gasteiger partial charge in [-0.25, -0.2) is 0 Å². The Morgan fingerprint density at radius 2 is 2.06 bits per heavy atom. The van der Waals surface area contributed by atoms with Gasteiger partial charge in [-0.15, -0.1) is 5.10 Å². The zero-order chi connectivity index (χ0) is 12.2. The minimum absolute atomic E-state index is 0.0418. The Morgan fingerprint density at radius 1 is 1.38 bits per heavy atom. The normalized spacial score (nSPS) is 11.8.